The summed E-state index contributed by atoms with van der Waals surface area (Å²) in [6, 6.07) is 38.0. The van der Waals surface area contributed by atoms with Gasteiger partial charge >= 0.3 is 0 Å². The van der Waals surface area contributed by atoms with Crippen LogP contribution in [0.25, 0.3) is 22.8 Å². The van der Waals surface area contributed by atoms with Crippen LogP contribution in [0.5, 0.6) is 0 Å². The van der Waals surface area contributed by atoms with Crippen molar-refractivity contribution >= 4 is 63.4 Å². The summed E-state index contributed by atoms with van der Waals surface area (Å²) in [5.41, 5.74) is 3.89. The molecule has 0 fully saturated rings. The van der Waals surface area contributed by atoms with Crippen LogP contribution in [0.3, 0.4) is 0 Å². The van der Waals surface area contributed by atoms with Gasteiger partial charge in [-0.1, -0.05) is 132 Å². The van der Waals surface area contributed by atoms with Gasteiger partial charge in [0.25, 0.3) is 0 Å². The Labute approximate surface area is 350 Å². The highest BCUT2D eigenvalue weighted by molar-refractivity contribution is 6.37. The molecular formula is C42H47Cl3N12. The van der Waals surface area contributed by atoms with Gasteiger partial charge in [0.1, 0.15) is 0 Å². The maximum atomic E-state index is 6.52. The molecule has 0 unspecified atom stereocenters. The molecule has 1 N–H and O–H groups in total. The Morgan fingerprint density at radius 2 is 0.860 bits per heavy atom. The predicted molar refractivity (Wildman–Crippen MR) is 236 cm³/mol. The molecule has 296 valence electrons. The van der Waals surface area contributed by atoms with Gasteiger partial charge in [0, 0.05) is 44.4 Å². The smallest absolute Gasteiger partial charge is 0.165 e. The SMILES string of the molecule is CN(C)CCN(C)c1nc(-c2ccccc2)nc(Cl)c1N=Nc1ccccc1.CNCCN(C)C.Clc1nc(-c2ccccc2)nc(Cl)c1N=Nc1ccccc1. The zero-order chi connectivity index (χ0) is 41.0. The molecule has 6 aromatic rings. The van der Waals surface area contributed by atoms with Crippen LogP contribution >= 0.6 is 34.8 Å². The van der Waals surface area contributed by atoms with Crippen LogP contribution in [-0.2, 0) is 0 Å². The molecule has 0 saturated heterocycles. The number of rotatable bonds is 13. The molecule has 0 bridgehead atoms. The van der Waals surface area contributed by atoms with Gasteiger partial charge < -0.3 is 20.0 Å². The van der Waals surface area contributed by atoms with Crippen molar-refractivity contribution in [2.24, 2.45) is 20.5 Å². The highest BCUT2D eigenvalue weighted by Gasteiger charge is 2.18. The van der Waals surface area contributed by atoms with Crippen LogP contribution in [0, 0.1) is 0 Å². The first-order valence-corrected chi connectivity index (χ1v) is 19.2. The molecule has 0 amide bonds. The summed E-state index contributed by atoms with van der Waals surface area (Å²) in [5.74, 6) is 1.67. The number of benzene rings is 4. The number of hydrogen-bond donors (Lipinski definition) is 1. The van der Waals surface area contributed by atoms with E-state index in [-0.39, 0.29) is 21.1 Å². The van der Waals surface area contributed by atoms with E-state index in [1.807, 2.05) is 154 Å². The van der Waals surface area contributed by atoms with E-state index < -0.39 is 0 Å². The third kappa shape index (κ3) is 15.0. The molecule has 0 atom stereocenters. The Morgan fingerprint density at radius 1 is 0.474 bits per heavy atom. The maximum Gasteiger partial charge on any atom is 0.165 e. The molecule has 0 saturated carbocycles. The van der Waals surface area contributed by atoms with E-state index in [9.17, 15) is 0 Å². The average Bonchev–Trinajstić information content (AvgIpc) is 3.23. The number of azo groups is 2. The molecule has 57 heavy (non-hydrogen) atoms. The van der Waals surface area contributed by atoms with Crippen LogP contribution in [-0.4, -0.2) is 98.2 Å². The minimum absolute atomic E-state index is 0.165. The van der Waals surface area contributed by atoms with E-state index in [2.05, 4.69) is 64.6 Å². The predicted octanol–water partition coefficient (Wildman–Crippen LogP) is 10.8. The number of anilines is 1. The van der Waals surface area contributed by atoms with Gasteiger partial charge in [-0.2, -0.15) is 10.2 Å². The minimum Gasteiger partial charge on any atom is -0.356 e. The third-order valence-corrected chi connectivity index (χ3v) is 8.57. The molecule has 0 aliphatic carbocycles. The first-order valence-electron chi connectivity index (χ1n) is 18.1. The number of aromatic nitrogens is 4. The molecule has 6 rings (SSSR count). The zero-order valence-electron chi connectivity index (χ0n) is 32.9. The highest BCUT2D eigenvalue weighted by Crippen LogP contribution is 2.36. The molecule has 12 nitrogen and oxygen atoms in total. The Hall–Kier alpha value is -5.21. The summed E-state index contributed by atoms with van der Waals surface area (Å²) >= 11 is 18.8. The van der Waals surface area contributed by atoms with Crippen LogP contribution in [0.2, 0.25) is 15.5 Å². The van der Waals surface area contributed by atoms with Crippen molar-refractivity contribution in [2.45, 2.75) is 0 Å². The molecule has 0 aliphatic rings. The molecule has 15 heteroatoms. The summed E-state index contributed by atoms with van der Waals surface area (Å²) in [6.45, 7) is 3.83. The quantitative estimate of drug-likeness (QED) is 0.0902. The number of likely N-dealkylation sites (N-methyl/N-ethyl adjacent to an activating group) is 4. The lowest BCUT2D eigenvalue weighted by Crippen LogP contribution is -2.29. The summed E-state index contributed by atoms with van der Waals surface area (Å²) in [5, 5.41) is 20.5. The minimum atomic E-state index is 0.165. The first-order chi connectivity index (χ1) is 27.5. The molecule has 2 aromatic heterocycles. The van der Waals surface area contributed by atoms with Crippen molar-refractivity contribution in [2.75, 3.05) is 73.4 Å². The van der Waals surface area contributed by atoms with Gasteiger partial charge in [-0.05, 0) is 59.5 Å². The Bertz CT molecular complexity index is 2120. The van der Waals surface area contributed by atoms with Gasteiger partial charge in [0.05, 0.1) is 11.4 Å². The van der Waals surface area contributed by atoms with Gasteiger partial charge in [0.2, 0.25) is 0 Å². The van der Waals surface area contributed by atoms with E-state index in [0.29, 0.717) is 28.8 Å². The molecular weight excluding hydrogens is 779 g/mol. The second-order valence-electron chi connectivity index (χ2n) is 12.9. The Morgan fingerprint density at radius 3 is 1.26 bits per heavy atom. The summed E-state index contributed by atoms with van der Waals surface area (Å²) in [6.07, 6.45) is 0. The number of nitrogens with one attached hydrogen (secondary N) is 1. The Kier molecular flexibility index (Phi) is 18.6. The topological polar surface area (TPSA) is 123 Å². The first kappa shape index (κ1) is 44.5. The second kappa shape index (κ2) is 23.8. The largest absolute Gasteiger partial charge is 0.356 e. The molecule has 4 aromatic carbocycles. The number of halogens is 3. The molecule has 0 radical (unpaired) electrons. The van der Waals surface area contributed by atoms with Crippen molar-refractivity contribution in [3.05, 3.63) is 137 Å². The lowest BCUT2D eigenvalue weighted by atomic mass is 10.2. The van der Waals surface area contributed by atoms with Crippen molar-refractivity contribution in [3.63, 3.8) is 0 Å². The van der Waals surface area contributed by atoms with Crippen LogP contribution in [0.15, 0.2) is 142 Å². The highest BCUT2D eigenvalue weighted by atomic mass is 35.5. The normalized spacial score (nSPS) is 11.1. The zero-order valence-corrected chi connectivity index (χ0v) is 35.2. The lowest BCUT2D eigenvalue weighted by Gasteiger charge is -2.22. The fourth-order valence-corrected chi connectivity index (χ4v) is 5.35. The van der Waals surface area contributed by atoms with Crippen LogP contribution in [0.4, 0.5) is 28.6 Å². The maximum absolute atomic E-state index is 6.52. The molecule has 0 spiro atoms. The average molecular weight is 826 g/mol. The van der Waals surface area contributed by atoms with Gasteiger partial charge in [-0.15, -0.1) is 10.2 Å². The molecule has 0 aliphatic heterocycles. The standard InChI is InChI=1S/C21H23ClN6.C16H10Cl2N4.C5H14N2/c1-27(2)14-15-28(3)21-18(26-25-17-12-8-5-9-13-17)19(22)23-20(24-21)16-10-6-4-7-11-16;17-14-13(22-21-12-9-5-2-6-10-12)15(18)20-16(19-14)11-7-3-1-4-8-11;1-6-4-5-7(2)3/h4-13H,14-15H2,1-3H3;1-10H;6H,4-5H2,1-3H3. The summed E-state index contributed by atoms with van der Waals surface area (Å²) in [7, 11) is 12.1. The fraction of sp³-hybridized carbons (Fsp3) is 0.238. The van der Waals surface area contributed by atoms with E-state index in [0.717, 1.165) is 43.0 Å². The van der Waals surface area contributed by atoms with Gasteiger partial charge in [0.15, 0.2) is 44.3 Å². The van der Waals surface area contributed by atoms with Gasteiger partial charge in [-0.25, -0.2) is 19.9 Å². The summed E-state index contributed by atoms with van der Waals surface area (Å²) in [4.78, 5) is 24.0. The van der Waals surface area contributed by atoms with E-state index >= 15 is 0 Å². The van der Waals surface area contributed by atoms with Crippen molar-refractivity contribution in [1.29, 1.82) is 0 Å². The number of nitrogens with zero attached hydrogens (tertiary/aromatic N) is 11. The number of hydrogen-bond acceptors (Lipinski definition) is 12. The third-order valence-electron chi connectivity index (χ3n) is 7.78. The van der Waals surface area contributed by atoms with Crippen molar-refractivity contribution in [1.82, 2.24) is 35.1 Å². The molecule has 2 heterocycles. The van der Waals surface area contributed by atoms with Crippen molar-refractivity contribution < 1.29 is 0 Å². The van der Waals surface area contributed by atoms with Gasteiger partial charge in [-0.3, -0.25) is 0 Å². The van der Waals surface area contributed by atoms with Crippen LogP contribution < -0.4 is 10.2 Å². The summed E-state index contributed by atoms with van der Waals surface area (Å²) < 4.78 is 0. The second-order valence-corrected chi connectivity index (χ2v) is 14.0. The lowest BCUT2D eigenvalue weighted by molar-refractivity contribution is 0.407. The Balaban J connectivity index is 0.000000221. The monoisotopic (exact) mass is 824 g/mol. The fourth-order valence-electron chi connectivity index (χ4n) is 4.68. The van der Waals surface area contributed by atoms with Crippen molar-refractivity contribution in [3.8, 4) is 22.8 Å². The van der Waals surface area contributed by atoms with E-state index in [1.165, 1.54) is 0 Å². The van der Waals surface area contributed by atoms with Crippen LogP contribution in [0.1, 0.15) is 0 Å². The van der Waals surface area contributed by atoms with E-state index in [4.69, 9.17) is 39.8 Å². The van der Waals surface area contributed by atoms with E-state index in [1.54, 1.807) is 0 Å².